The standard InChI is InChI=1S/C25H25F3N2O5/c1-24(2)11-35-29-10-25(6-5-19(23(32)33)34-12-25)21-20-17(7-13(26)8-18(20)31)30(22(21)24)14-3-4-15(27)16(28)9-14/h3-4,7-9,19,29,31H,5-6,10-12H2,1-2H3,(H,32,33)/t19?,25-/m1/s1. The van der Waals surface area contributed by atoms with Gasteiger partial charge in [0, 0.05) is 46.3 Å². The van der Waals surface area contributed by atoms with Gasteiger partial charge in [-0.05, 0) is 36.6 Å². The molecule has 0 aliphatic carbocycles. The van der Waals surface area contributed by atoms with E-state index in [9.17, 15) is 28.2 Å². The Hall–Kier alpha value is -3.08. The summed E-state index contributed by atoms with van der Waals surface area (Å²) < 4.78 is 50.1. The Balaban J connectivity index is 1.88. The lowest BCUT2D eigenvalue weighted by Crippen LogP contribution is -2.51. The van der Waals surface area contributed by atoms with Crippen LogP contribution < -0.4 is 5.48 Å². The van der Waals surface area contributed by atoms with Crippen molar-refractivity contribution in [2.75, 3.05) is 19.8 Å². The van der Waals surface area contributed by atoms with E-state index >= 15 is 0 Å². The number of ether oxygens (including phenoxy) is 1. The van der Waals surface area contributed by atoms with Gasteiger partial charge in [-0.1, -0.05) is 13.8 Å². The van der Waals surface area contributed by atoms with Crippen molar-refractivity contribution in [3.8, 4) is 11.4 Å². The van der Waals surface area contributed by atoms with Gasteiger partial charge in [0.15, 0.2) is 17.7 Å². The largest absolute Gasteiger partial charge is 0.507 e. The molecule has 2 atom stereocenters. The predicted octanol–water partition coefficient (Wildman–Crippen LogP) is 4.07. The van der Waals surface area contributed by atoms with Crippen molar-refractivity contribution in [2.24, 2.45) is 0 Å². The minimum atomic E-state index is -1.07. The number of halogens is 3. The summed E-state index contributed by atoms with van der Waals surface area (Å²) >= 11 is 0. The number of phenols is 1. The van der Waals surface area contributed by atoms with Crippen molar-refractivity contribution < 1.29 is 37.8 Å². The molecule has 0 radical (unpaired) electrons. The summed E-state index contributed by atoms with van der Waals surface area (Å²) in [5.74, 6) is -4.17. The van der Waals surface area contributed by atoms with Crippen molar-refractivity contribution >= 4 is 16.9 Å². The minimum absolute atomic E-state index is 0.00286. The molecule has 1 saturated heterocycles. The molecule has 2 aliphatic heterocycles. The van der Waals surface area contributed by atoms with Crippen LogP contribution in [0.2, 0.25) is 0 Å². The van der Waals surface area contributed by atoms with E-state index < -0.39 is 40.4 Å². The number of carboxylic acid groups (broad SMARTS) is 1. The second-order valence-electron chi connectivity index (χ2n) is 9.93. The number of aromatic hydroxyl groups is 1. The van der Waals surface area contributed by atoms with Crippen LogP contribution in [0, 0.1) is 17.5 Å². The van der Waals surface area contributed by atoms with Gasteiger partial charge in [-0.25, -0.2) is 23.4 Å². The molecular formula is C25H25F3N2O5. The summed E-state index contributed by atoms with van der Waals surface area (Å²) in [6.07, 6.45) is -0.401. The van der Waals surface area contributed by atoms with E-state index in [1.807, 2.05) is 13.8 Å². The molecule has 1 fully saturated rings. The molecule has 1 aromatic heterocycles. The predicted molar refractivity (Wildman–Crippen MR) is 120 cm³/mol. The molecule has 186 valence electrons. The Morgan fingerprint density at radius 3 is 2.57 bits per heavy atom. The van der Waals surface area contributed by atoms with Crippen LogP contribution in [0.1, 0.15) is 37.9 Å². The zero-order chi connectivity index (χ0) is 25.1. The molecule has 3 heterocycles. The number of nitrogens with one attached hydrogen (secondary N) is 1. The van der Waals surface area contributed by atoms with Crippen LogP contribution in [-0.4, -0.2) is 46.6 Å². The second-order valence-corrected chi connectivity index (χ2v) is 9.93. The van der Waals surface area contributed by atoms with Crippen molar-refractivity contribution in [3.05, 3.63) is 59.0 Å². The highest BCUT2D eigenvalue weighted by Gasteiger charge is 2.48. The molecule has 2 aliphatic rings. The Kier molecular flexibility index (Phi) is 5.58. The van der Waals surface area contributed by atoms with Gasteiger partial charge in [0.05, 0.1) is 18.7 Å². The molecule has 0 amide bonds. The van der Waals surface area contributed by atoms with Crippen LogP contribution in [0.4, 0.5) is 13.2 Å². The molecule has 3 aromatic rings. The first-order chi connectivity index (χ1) is 16.5. The number of hydrogen-bond donors (Lipinski definition) is 3. The summed E-state index contributed by atoms with van der Waals surface area (Å²) in [6, 6.07) is 5.65. The Morgan fingerprint density at radius 2 is 1.91 bits per heavy atom. The van der Waals surface area contributed by atoms with Crippen LogP contribution in [0.15, 0.2) is 30.3 Å². The van der Waals surface area contributed by atoms with E-state index in [-0.39, 0.29) is 43.1 Å². The maximum absolute atomic E-state index is 14.6. The Bertz CT molecular complexity index is 1330. The number of carbonyl (C=O) groups is 1. The quantitative estimate of drug-likeness (QED) is 0.502. The first kappa shape index (κ1) is 23.7. The number of hydrogen-bond acceptors (Lipinski definition) is 5. The van der Waals surface area contributed by atoms with E-state index in [2.05, 4.69) is 5.48 Å². The topological polar surface area (TPSA) is 93.0 Å². The number of aliphatic carboxylic acids is 1. The SMILES string of the molecule is CC1(C)CONC[C@@]2(CCC(C(=O)O)OC2)c2c1n(-c1ccc(F)c(F)c1)c1cc(F)cc(O)c21. The average molecular weight is 490 g/mol. The molecule has 5 rings (SSSR count). The lowest BCUT2D eigenvalue weighted by molar-refractivity contribution is -0.157. The van der Waals surface area contributed by atoms with Crippen LogP contribution in [0.25, 0.3) is 16.6 Å². The third kappa shape index (κ3) is 3.76. The number of benzene rings is 2. The number of nitrogens with zero attached hydrogens (tertiary/aromatic N) is 1. The van der Waals surface area contributed by atoms with Gasteiger partial charge in [-0.15, -0.1) is 0 Å². The average Bonchev–Trinajstić information content (AvgIpc) is 3.15. The highest BCUT2D eigenvalue weighted by molar-refractivity contribution is 5.94. The van der Waals surface area contributed by atoms with Gasteiger partial charge in [-0.3, -0.25) is 0 Å². The van der Waals surface area contributed by atoms with E-state index in [1.165, 1.54) is 12.1 Å². The van der Waals surface area contributed by atoms with Crippen molar-refractivity contribution in [1.29, 1.82) is 0 Å². The smallest absolute Gasteiger partial charge is 0.332 e. The number of rotatable bonds is 2. The summed E-state index contributed by atoms with van der Waals surface area (Å²) in [7, 11) is 0. The summed E-state index contributed by atoms with van der Waals surface area (Å²) in [6.45, 7) is 4.18. The fourth-order valence-electron chi connectivity index (χ4n) is 5.34. The summed E-state index contributed by atoms with van der Waals surface area (Å²) in [4.78, 5) is 17.3. The van der Waals surface area contributed by atoms with Crippen LogP contribution >= 0.6 is 0 Å². The zero-order valence-corrected chi connectivity index (χ0v) is 19.2. The fourth-order valence-corrected chi connectivity index (χ4v) is 5.34. The van der Waals surface area contributed by atoms with Crippen LogP contribution in [-0.2, 0) is 25.2 Å². The number of hydroxylamine groups is 1. The maximum atomic E-state index is 14.6. The first-order valence-corrected chi connectivity index (χ1v) is 11.3. The highest BCUT2D eigenvalue weighted by atomic mass is 19.2. The van der Waals surface area contributed by atoms with E-state index in [0.29, 0.717) is 23.1 Å². The van der Waals surface area contributed by atoms with Gasteiger partial charge in [0.2, 0.25) is 0 Å². The molecule has 10 heteroatoms. The van der Waals surface area contributed by atoms with Gasteiger partial charge >= 0.3 is 5.97 Å². The Morgan fingerprint density at radius 1 is 1.14 bits per heavy atom. The van der Waals surface area contributed by atoms with Crippen molar-refractivity contribution in [1.82, 2.24) is 10.0 Å². The zero-order valence-electron chi connectivity index (χ0n) is 19.2. The summed E-state index contributed by atoms with van der Waals surface area (Å²) in [5.41, 5.74) is 3.11. The van der Waals surface area contributed by atoms with Crippen LogP contribution in [0.5, 0.6) is 5.75 Å². The van der Waals surface area contributed by atoms with Crippen LogP contribution in [0.3, 0.4) is 0 Å². The number of aromatic nitrogens is 1. The molecule has 3 N–H and O–H groups in total. The monoisotopic (exact) mass is 490 g/mol. The van der Waals surface area contributed by atoms with E-state index in [1.54, 1.807) is 4.57 Å². The lowest BCUT2D eigenvalue weighted by atomic mass is 9.70. The molecule has 1 spiro atoms. The molecule has 2 aromatic carbocycles. The molecule has 0 bridgehead atoms. The fraction of sp³-hybridized carbons (Fsp3) is 0.400. The third-order valence-electron chi connectivity index (χ3n) is 7.01. The van der Waals surface area contributed by atoms with Gasteiger partial charge in [0.1, 0.15) is 11.6 Å². The molecule has 7 nitrogen and oxygen atoms in total. The number of carboxylic acids is 1. The normalized spacial score (nSPS) is 24.2. The van der Waals surface area contributed by atoms with Gasteiger partial charge in [0.25, 0.3) is 0 Å². The van der Waals surface area contributed by atoms with Crippen molar-refractivity contribution in [2.45, 2.75) is 43.6 Å². The maximum Gasteiger partial charge on any atom is 0.332 e. The summed E-state index contributed by atoms with van der Waals surface area (Å²) in [5, 5.41) is 20.8. The third-order valence-corrected chi connectivity index (χ3v) is 7.01. The number of fused-ring (bicyclic) bond motifs is 4. The van der Waals surface area contributed by atoms with Crippen molar-refractivity contribution in [3.63, 3.8) is 0 Å². The molecule has 0 saturated carbocycles. The Labute approximate surface area is 199 Å². The van der Waals surface area contributed by atoms with E-state index in [0.717, 1.165) is 18.2 Å². The van der Waals surface area contributed by atoms with Gasteiger partial charge < -0.3 is 24.4 Å². The van der Waals surface area contributed by atoms with Gasteiger partial charge in [-0.2, -0.15) is 0 Å². The lowest BCUT2D eigenvalue weighted by Gasteiger charge is -2.43. The number of phenolic OH excluding ortho intramolecular Hbond substituents is 1. The second kappa shape index (κ2) is 8.25. The minimum Gasteiger partial charge on any atom is -0.507 e. The molecular weight excluding hydrogens is 465 g/mol. The highest BCUT2D eigenvalue weighted by Crippen LogP contribution is 2.50. The molecule has 35 heavy (non-hydrogen) atoms. The van der Waals surface area contributed by atoms with E-state index in [4.69, 9.17) is 9.57 Å². The first-order valence-electron chi connectivity index (χ1n) is 11.3. The molecule has 1 unspecified atom stereocenters.